The molecule has 7 rings (SSSR count). The van der Waals surface area contributed by atoms with Crippen LogP contribution >= 0.6 is 0 Å². The van der Waals surface area contributed by atoms with Gasteiger partial charge in [0.25, 0.3) is 0 Å². The number of nitrogens with zero attached hydrogens (tertiary/aromatic N) is 4. The van der Waals surface area contributed by atoms with E-state index in [-0.39, 0.29) is 24.3 Å². The van der Waals surface area contributed by atoms with Crippen molar-refractivity contribution in [3.05, 3.63) is 108 Å². The van der Waals surface area contributed by atoms with Gasteiger partial charge in [-0.3, -0.25) is 9.80 Å². The van der Waals surface area contributed by atoms with Crippen LogP contribution in [0.2, 0.25) is 0 Å². The summed E-state index contributed by atoms with van der Waals surface area (Å²) in [5.41, 5.74) is 2.39. The SMILES string of the molecule is Cc1nc(O[C@H](c2cccc3ccccc23)[C@@H]2CCCCN2C)cc(O[C@H](c2cccc3ccccc23)[C@@H]2CCCCN2C)n1. The van der Waals surface area contributed by atoms with Crippen molar-refractivity contribution < 1.29 is 9.47 Å². The molecule has 0 unspecified atom stereocenters. The lowest BCUT2D eigenvalue weighted by Crippen LogP contribution is -2.42. The van der Waals surface area contributed by atoms with E-state index in [2.05, 4.69) is 109 Å². The molecule has 0 radical (unpaired) electrons. The zero-order valence-electron chi connectivity index (χ0n) is 26.7. The maximum absolute atomic E-state index is 6.98. The highest BCUT2D eigenvalue weighted by molar-refractivity contribution is 5.87. The Hall–Kier alpha value is -4.00. The summed E-state index contributed by atoms with van der Waals surface area (Å²) < 4.78 is 14.0. The Bertz CT molecular complexity index is 1640. The van der Waals surface area contributed by atoms with Gasteiger partial charge < -0.3 is 9.47 Å². The summed E-state index contributed by atoms with van der Waals surface area (Å²) in [6, 6.07) is 32.7. The molecular formula is C39H44N4O2. The van der Waals surface area contributed by atoms with Crippen molar-refractivity contribution in [2.45, 2.75) is 69.7 Å². The van der Waals surface area contributed by atoms with Crippen LogP contribution in [-0.4, -0.2) is 59.0 Å². The first-order valence-electron chi connectivity index (χ1n) is 16.6. The van der Waals surface area contributed by atoms with Crippen molar-refractivity contribution >= 4 is 21.5 Å². The molecule has 0 aliphatic carbocycles. The van der Waals surface area contributed by atoms with Gasteiger partial charge >= 0.3 is 0 Å². The number of piperidine rings is 2. The third-order valence-electron chi connectivity index (χ3n) is 9.90. The maximum atomic E-state index is 6.98. The van der Waals surface area contributed by atoms with Gasteiger partial charge in [0.15, 0.2) is 0 Å². The number of aryl methyl sites for hydroxylation is 1. The molecule has 6 heteroatoms. The first-order valence-corrected chi connectivity index (χ1v) is 16.6. The molecule has 0 spiro atoms. The van der Waals surface area contributed by atoms with Gasteiger partial charge in [-0.1, -0.05) is 97.8 Å². The van der Waals surface area contributed by atoms with E-state index in [0.717, 1.165) is 25.9 Å². The molecule has 232 valence electrons. The van der Waals surface area contributed by atoms with E-state index >= 15 is 0 Å². The topological polar surface area (TPSA) is 50.7 Å². The number of hydrogen-bond donors (Lipinski definition) is 0. The molecule has 0 amide bonds. The number of rotatable bonds is 8. The van der Waals surface area contributed by atoms with Crippen LogP contribution < -0.4 is 9.47 Å². The fourth-order valence-electron chi connectivity index (χ4n) is 7.56. The summed E-state index contributed by atoms with van der Waals surface area (Å²) in [5.74, 6) is 1.76. The number of benzene rings is 4. The zero-order valence-corrected chi connectivity index (χ0v) is 26.7. The van der Waals surface area contributed by atoms with Gasteiger partial charge in [-0.15, -0.1) is 0 Å². The number of hydrogen-bond acceptors (Lipinski definition) is 6. The fourth-order valence-corrected chi connectivity index (χ4v) is 7.56. The van der Waals surface area contributed by atoms with Gasteiger partial charge in [-0.2, -0.15) is 9.97 Å². The van der Waals surface area contributed by atoms with Crippen molar-refractivity contribution in [2.75, 3.05) is 27.2 Å². The van der Waals surface area contributed by atoms with Crippen LogP contribution in [0.4, 0.5) is 0 Å². The van der Waals surface area contributed by atoms with Gasteiger partial charge in [-0.05, 0) is 81.3 Å². The molecule has 0 saturated carbocycles. The molecule has 2 aliphatic rings. The summed E-state index contributed by atoms with van der Waals surface area (Å²) in [6.07, 6.45) is 6.61. The van der Waals surface area contributed by atoms with Gasteiger partial charge in [0.1, 0.15) is 18.0 Å². The Morgan fingerprint density at radius 2 is 1.04 bits per heavy atom. The van der Waals surface area contributed by atoms with E-state index in [1.165, 1.54) is 58.4 Å². The number of fused-ring (bicyclic) bond motifs is 2. The zero-order chi connectivity index (χ0) is 30.8. The second-order valence-electron chi connectivity index (χ2n) is 12.9. The first-order chi connectivity index (χ1) is 22.0. The van der Waals surface area contributed by atoms with Crippen LogP contribution in [0.1, 0.15) is 67.7 Å². The molecule has 2 fully saturated rings. The van der Waals surface area contributed by atoms with Crippen LogP contribution in [-0.2, 0) is 0 Å². The lowest BCUT2D eigenvalue weighted by molar-refractivity contribution is 0.0489. The highest BCUT2D eigenvalue weighted by Crippen LogP contribution is 2.38. The van der Waals surface area contributed by atoms with Crippen molar-refractivity contribution in [3.63, 3.8) is 0 Å². The molecule has 0 N–H and O–H groups in total. The minimum Gasteiger partial charge on any atom is -0.468 e. The predicted molar refractivity (Wildman–Crippen MR) is 182 cm³/mol. The number of likely N-dealkylation sites (tertiary alicyclic amines) is 2. The second kappa shape index (κ2) is 13.2. The Kier molecular flexibility index (Phi) is 8.68. The summed E-state index contributed by atoms with van der Waals surface area (Å²) in [4.78, 5) is 14.5. The summed E-state index contributed by atoms with van der Waals surface area (Å²) in [6.45, 7) is 4.06. The molecule has 2 saturated heterocycles. The molecular weight excluding hydrogens is 556 g/mol. The molecule has 4 atom stereocenters. The molecule has 5 aromatic rings. The largest absolute Gasteiger partial charge is 0.468 e. The van der Waals surface area contributed by atoms with Crippen molar-refractivity contribution in [3.8, 4) is 11.8 Å². The average molecular weight is 601 g/mol. The van der Waals surface area contributed by atoms with Crippen LogP contribution in [0, 0.1) is 6.92 Å². The quantitative estimate of drug-likeness (QED) is 0.179. The van der Waals surface area contributed by atoms with E-state index in [1.54, 1.807) is 0 Å². The lowest BCUT2D eigenvalue weighted by Gasteiger charge is -2.39. The van der Waals surface area contributed by atoms with Crippen LogP contribution in [0.15, 0.2) is 91.0 Å². The number of ether oxygens (including phenoxy) is 2. The molecule has 0 bridgehead atoms. The van der Waals surface area contributed by atoms with E-state index in [0.29, 0.717) is 17.6 Å². The molecule has 45 heavy (non-hydrogen) atoms. The second-order valence-corrected chi connectivity index (χ2v) is 12.9. The van der Waals surface area contributed by atoms with Crippen LogP contribution in [0.3, 0.4) is 0 Å². The molecule has 3 heterocycles. The summed E-state index contributed by atoms with van der Waals surface area (Å²) >= 11 is 0. The van der Waals surface area contributed by atoms with E-state index in [4.69, 9.17) is 19.4 Å². The van der Waals surface area contributed by atoms with Gasteiger partial charge in [0.05, 0.1) is 18.2 Å². The number of likely N-dealkylation sites (N-methyl/N-ethyl adjacent to an activating group) is 2. The Balaban J connectivity index is 1.27. The molecule has 4 aromatic carbocycles. The van der Waals surface area contributed by atoms with E-state index in [1.807, 2.05) is 13.0 Å². The van der Waals surface area contributed by atoms with Crippen molar-refractivity contribution in [1.29, 1.82) is 0 Å². The number of aromatic nitrogens is 2. The lowest BCUT2D eigenvalue weighted by atomic mass is 9.90. The third-order valence-corrected chi connectivity index (χ3v) is 9.90. The third kappa shape index (κ3) is 6.27. The summed E-state index contributed by atoms with van der Waals surface area (Å²) in [7, 11) is 4.45. The Morgan fingerprint density at radius 1 is 0.600 bits per heavy atom. The monoisotopic (exact) mass is 600 g/mol. The minimum atomic E-state index is -0.179. The van der Waals surface area contributed by atoms with Gasteiger partial charge in [0.2, 0.25) is 11.8 Å². The van der Waals surface area contributed by atoms with Crippen LogP contribution in [0.25, 0.3) is 21.5 Å². The molecule has 2 aliphatic heterocycles. The predicted octanol–water partition coefficient (Wildman–Crippen LogP) is 8.30. The highest BCUT2D eigenvalue weighted by atomic mass is 16.5. The first kappa shape index (κ1) is 29.7. The van der Waals surface area contributed by atoms with Crippen molar-refractivity contribution in [1.82, 2.24) is 19.8 Å². The normalized spacial score (nSPS) is 21.0. The molecule has 1 aromatic heterocycles. The highest BCUT2D eigenvalue weighted by Gasteiger charge is 2.34. The molecule has 6 nitrogen and oxygen atoms in total. The Morgan fingerprint density at radius 3 is 1.51 bits per heavy atom. The van der Waals surface area contributed by atoms with Gasteiger partial charge in [0, 0.05) is 11.1 Å². The van der Waals surface area contributed by atoms with E-state index in [9.17, 15) is 0 Å². The Labute approximate surface area is 267 Å². The maximum Gasteiger partial charge on any atom is 0.221 e. The van der Waals surface area contributed by atoms with Crippen LogP contribution in [0.5, 0.6) is 11.8 Å². The van der Waals surface area contributed by atoms with Gasteiger partial charge in [-0.25, -0.2) is 0 Å². The van der Waals surface area contributed by atoms with E-state index < -0.39 is 0 Å². The minimum absolute atomic E-state index is 0.179. The average Bonchev–Trinajstić information content (AvgIpc) is 3.06. The smallest absolute Gasteiger partial charge is 0.221 e. The summed E-state index contributed by atoms with van der Waals surface area (Å²) in [5, 5.41) is 4.89. The standard InChI is InChI=1S/C39H44N4O2/c1-27-40-36(44-38(34-22-8-10-24-42(34)2)32-20-12-16-28-14-4-6-18-30(28)32)26-37(41-27)45-39(35-23-9-11-25-43(35)3)33-21-13-17-29-15-5-7-19-31(29)33/h4-7,12-21,26,34-35,38-39H,8-11,22-25H2,1-3H3/t34-,35-,38+,39+/m0/s1. The van der Waals surface area contributed by atoms with Crippen molar-refractivity contribution in [2.24, 2.45) is 0 Å². The fraction of sp³-hybridized carbons (Fsp3) is 0.385.